The van der Waals surface area contributed by atoms with Crippen LogP contribution in [0.3, 0.4) is 0 Å². The van der Waals surface area contributed by atoms with Gasteiger partial charge in [0.1, 0.15) is 17.5 Å². The van der Waals surface area contributed by atoms with Crippen molar-refractivity contribution in [3.8, 4) is 22.6 Å². The Morgan fingerprint density at radius 2 is 1.63 bits per heavy atom. The van der Waals surface area contributed by atoms with Crippen molar-refractivity contribution in [1.29, 1.82) is 0 Å². The molecule has 1 fully saturated rings. The number of ether oxygens (including phenoxy) is 4. The van der Waals surface area contributed by atoms with E-state index < -0.39 is 29.7 Å². The van der Waals surface area contributed by atoms with Crippen LogP contribution in [0.5, 0.6) is 11.5 Å². The Hall–Kier alpha value is -5.58. The maximum Gasteiger partial charge on any atom is 0.317 e. The highest BCUT2D eigenvalue weighted by molar-refractivity contribution is 6.24. The quantitative estimate of drug-likeness (QED) is 0.161. The Morgan fingerprint density at radius 3 is 2.32 bits per heavy atom. The summed E-state index contributed by atoms with van der Waals surface area (Å²) in [7, 11) is 8.91. The molecule has 0 bridgehead atoms. The standard InChI is InChI=1S/C41H50N6O10/c1-44(2)22-31-33(54-4)20-26(21-34(31)55-5)29-23-45(3)38(50)27-13-15-46(24-30(27)29)41(53)42-14-17-57-19-18-56-16-7-9-25-8-6-10-28-36(25)40(52)47(39(28)51)32-11-12-35(48)43-37(32)49/h6,8,10,20-21,23,32H,7,9,11-19,22,24H2,1-5H3,(H,42,53)(H,43,48,49). The van der Waals surface area contributed by atoms with Crippen LogP contribution in [0, 0.1) is 0 Å². The number of fused-ring (bicyclic) bond motifs is 2. The van der Waals surface area contributed by atoms with E-state index in [1.165, 1.54) is 0 Å². The summed E-state index contributed by atoms with van der Waals surface area (Å²) in [5, 5.41) is 5.13. The van der Waals surface area contributed by atoms with E-state index in [2.05, 4.69) is 10.6 Å². The van der Waals surface area contributed by atoms with Gasteiger partial charge in [0.25, 0.3) is 17.4 Å². The smallest absolute Gasteiger partial charge is 0.317 e. The Morgan fingerprint density at radius 1 is 0.912 bits per heavy atom. The van der Waals surface area contributed by atoms with Crippen molar-refractivity contribution in [3.63, 3.8) is 0 Å². The second kappa shape index (κ2) is 18.1. The molecule has 3 aromatic rings. The molecule has 0 saturated carbocycles. The minimum Gasteiger partial charge on any atom is -0.496 e. The zero-order chi connectivity index (χ0) is 40.8. The van der Waals surface area contributed by atoms with Crippen molar-refractivity contribution in [3.05, 3.63) is 80.3 Å². The third kappa shape index (κ3) is 8.87. The molecule has 0 radical (unpaired) electrons. The van der Waals surface area contributed by atoms with Crippen molar-refractivity contribution >= 4 is 29.7 Å². The highest BCUT2D eigenvalue weighted by atomic mass is 16.5. The minimum absolute atomic E-state index is 0.0628. The predicted molar refractivity (Wildman–Crippen MR) is 208 cm³/mol. The molecule has 0 aliphatic carbocycles. The molecular formula is C41H50N6O10. The van der Waals surface area contributed by atoms with E-state index in [1.807, 2.05) is 31.1 Å². The number of imide groups is 2. The van der Waals surface area contributed by atoms with Gasteiger partial charge in [0.2, 0.25) is 11.8 Å². The summed E-state index contributed by atoms with van der Waals surface area (Å²) < 4.78 is 24.5. The number of carbonyl (C=O) groups is 5. The van der Waals surface area contributed by atoms with Crippen LogP contribution >= 0.6 is 0 Å². The predicted octanol–water partition coefficient (Wildman–Crippen LogP) is 2.27. The number of rotatable bonds is 16. The zero-order valence-corrected chi connectivity index (χ0v) is 33.1. The first kappa shape index (κ1) is 41.1. The normalized spacial score (nSPS) is 16.5. The molecule has 4 heterocycles. The molecule has 2 aromatic carbocycles. The van der Waals surface area contributed by atoms with Gasteiger partial charge in [0, 0.05) is 63.6 Å². The van der Waals surface area contributed by atoms with Gasteiger partial charge in [-0.25, -0.2) is 4.79 Å². The van der Waals surface area contributed by atoms with Gasteiger partial charge in [-0.1, -0.05) is 12.1 Å². The van der Waals surface area contributed by atoms with Crippen molar-refractivity contribution in [2.24, 2.45) is 7.05 Å². The first-order valence-corrected chi connectivity index (χ1v) is 19.1. The van der Waals surface area contributed by atoms with Crippen LogP contribution in [-0.2, 0) is 52.0 Å². The van der Waals surface area contributed by atoms with Gasteiger partial charge in [-0.2, -0.15) is 0 Å². The number of hydrogen-bond donors (Lipinski definition) is 2. The van der Waals surface area contributed by atoms with Crippen molar-refractivity contribution < 1.29 is 42.9 Å². The van der Waals surface area contributed by atoms with Crippen molar-refractivity contribution in [2.45, 2.75) is 51.2 Å². The molecule has 16 nitrogen and oxygen atoms in total. The number of aromatic nitrogens is 1. The van der Waals surface area contributed by atoms with Gasteiger partial charge < -0.3 is 38.6 Å². The number of pyridine rings is 1. The molecule has 1 saturated heterocycles. The van der Waals surface area contributed by atoms with Gasteiger partial charge in [0.15, 0.2) is 0 Å². The summed E-state index contributed by atoms with van der Waals surface area (Å²) in [4.78, 5) is 81.5. The Labute approximate surface area is 331 Å². The number of nitrogens with one attached hydrogen (secondary N) is 2. The summed E-state index contributed by atoms with van der Waals surface area (Å²) in [5.74, 6) is -0.768. The number of benzene rings is 2. The zero-order valence-electron chi connectivity index (χ0n) is 33.1. The number of nitrogens with zero attached hydrogens (tertiary/aromatic N) is 4. The molecular weight excluding hydrogens is 736 g/mol. The first-order chi connectivity index (χ1) is 27.4. The lowest BCUT2D eigenvalue weighted by Crippen LogP contribution is -2.54. The molecule has 304 valence electrons. The van der Waals surface area contributed by atoms with Crippen molar-refractivity contribution in [1.82, 2.24) is 29.9 Å². The molecule has 16 heteroatoms. The van der Waals surface area contributed by atoms with Crippen LogP contribution in [0.2, 0.25) is 0 Å². The lowest BCUT2D eigenvalue weighted by Gasteiger charge is -2.31. The fourth-order valence-electron chi connectivity index (χ4n) is 7.65. The van der Waals surface area contributed by atoms with Gasteiger partial charge >= 0.3 is 6.03 Å². The largest absolute Gasteiger partial charge is 0.496 e. The first-order valence-electron chi connectivity index (χ1n) is 19.1. The Balaban J connectivity index is 0.946. The maximum atomic E-state index is 13.3. The fraction of sp³-hybridized carbons (Fsp3) is 0.463. The SMILES string of the molecule is COc1cc(-c2cn(C)c(=O)c3c2CN(C(=O)NCCOCCOCCCc2cccc4c2C(=O)N(C2CCC(=O)NC2=O)C4=O)CC3)cc(OC)c1CN(C)C. The Bertz CT molecular complexity index is 2090. The second-order valence-electron chi connectivity index (χ2n) is 14.5. The average molecular weight is 787 g/mol. The molecule has 1 aromatic heterocycles. The summed E-state index contributed by atoms with van der Waals surface area (Å²) in [5.41, 5.74) is 5.21. The molecule has 2 N–H and O–H groups in total. The molecule has 6 rings (SSSR count). The van der Waals surface area contributed by atoms with Crippen LogP contribution in [0.4, 0.5) is 4.79 Å². The molecule has 1 atom stereocenters. The molecule has 0 spiro atoms. The fourth-order valence-corrected chi connectivity index (χ4v) is 7.65. The van der Waals surface area contributed by atoms with E-state index in [0.29, 0.717) is 80.4 Å². The third-order valence-corrected chi connectivity index (χ3v) is 10.4. The van der Waals surface area contributed by atoms with E-state index in [4.69, 9.17) is 18.9 Å². The molecule has 3 aliphatic heterocycles. The number of urea groups is 1. The van der Waals surface area contributed by atoms with Gasteiger partial charge in [-0.15, -0.1) is 0 Å². The summed E-state index contributed by atoms with van der Waals surface area (Å²) >= 11 is 0. The molecule has 3 aliphatic rings. The second-order valence-corrected chi connectivity index (χ2v) is 14.5. The van der Waals surface area contributed by atoms with Gasteiger partial charge in [-0.05, 0) is 74.7 Å². The average Bonchev–Trinajstić information content (AvgIpc) is 3.45. The summed E-state index contributed by atoms with van der Waals surface area (Å²) in [6.07, 6.45) is 3.46. The lowest BCUT2D eigenvalue weighted by atomic mass is 9.92. The molecule has 6 amide bonds. The van der Waals surface area contributed by atoms with E-state index in [1.54, 1.807) is 55.1 Å². The van der Waals surface area contributed by atoms with Crippen LogP contribution in [-0.4, -0.2) is 123 Å². The van der Waals surface area contributed by atoms with E-state index in [-0.39, 0.29) is 49.7 Å². The van der Waals surface area contributed by atoms with Crippen LogP contribution in [0.15, 0.2) is 41.3 Å². The molecule has 1 unspecified atom stereocenters. The number of methoxy groups -OCH3 is 2. The van der Waals surface area contributed by atoms with Gasteiger partial charge in [-0.3, -0.25) is 34.2 Å². The highest BCUT2D eigenvalue weighted by Crippen LogP contribution is 2.38. The number of amides is 6. The topological polar surface area (TPSA) is 178 Å². The minimum atomic E-state index is -1.01. The highest BCUT2D eigenvalue weighted by Gasteiger charge is 2.45. The molecule has 57 heavy (non-hydrogen) atoms. The van der Waals surface area contributed by atoms with Gasteiger partial charge in [0.05, 0.1) is 50.7 Å². The van der Waals surface area contributed by atoms with E-state index in [0.717, 1.165) is 27.2 Å². The van der Waals surface area contributed by atoms with Crippen LogP contribution < -0.4 is 25.7 Å². The third-order valence-electron chi connectivity index (χ3n) is 10.4. The van der Waals surface area contributed by atoms with E-state index in [9.17, 15) is 28.8 Å². The monoisotopic (exact) mass is 786 g/mol. The number of aryl methyl sites for hydroxylation is 2. The number of piperidine rings is 1. The van der Waals surface area contributed by atoms with Crippen LogP contribution in [0.25, 0.3) is 11.1 Å². The number of carbonyl (C=O) groups excluding carboxylic acids is 5. The number of hydrogen-bond acceptors (Lipinski definition) is 11. The summed E-state index contributed by atoms with van der Waals surface area (Å²) in [6.45, 7) is 2.88. The lowest BCUT2D eigenvalue weighted by molar-refractivity contribution is -0.136. The Kier molecular flexibility index (Phi) is 13.1. The van der Waals surface area contributed by atoms with Crippen LogP contribution in [0.1, 0.15) is 62.2 Å². The van der Waals surface area contributed by atoms with E-state index >= 15 is 0 Å². The summed E-state index contributed by atoms with van der Waals surface area (Å²) in [6, 6.07) is 7.71. The maximum absolute atomic E-state index is 13.3. The van der Waals surface area contributed by atoms with Crippen molar-refractivity contribution in [2.75, 3.05) is 67.8 Å².